The third-order valence-corrected chi connectivity index (χ3v) is 5.55. The summed E-state index contributed by atoms with van der Waals surface area (Å²) in [4.78, 5) is 6.73. The number of likely N-dealkylation sites (tertiary alicyclic amines) is 1. The lowest BCUT2D eigenvalue weighted by Crippen LogP contribution is -2.48. The van der Waals surface area contributed by atoms with Crippen LogP contribution in [0.4, 0.5) is 4.39 Å². The first-order chi connectivity index (χ1) is 13.2. The maximum Gasteiger partial charge on any atom is 0.191 e. The van der Waals surface area contributed by atoms with Gasteiger partial charge in [-0.2, -0.15) is 0 Å². The van der Waals surface area contributed by atoms with Crippen molar-refractivity contribution in [1.29, 1.82) is 0 Å². The largest absolute Gasteiger partial charge is 0.494 e. The Morgan fingerprint density at radius 2 is 2.04 bits per heavy atom. The Morgan fingerprint density at radius 1 is 1.26 bits per heavy atom. The minimum atomic E-state index is -0.289. The molecule has 0 unspecified atom stereocenters. The van der Waals surface area contributed by atoms with E-state index in [1.165, 1.54) is 32.8 Å². The molecule has 0 amide bonds. The summed E-state index contributed by atoms with van der Waals surface area (Å²) >= 11 is 0. The molecule has 0 aromatic heterocycles. The Morgan fingerprint density at radius 3 is 2.67 bits per heavy atom. The summed E-state index contributed by atoms with van der Waals surface area (Å²) < 4.78 is 18.8. The van der Waals surface area contributed by atoms with Gasteiger partial charge in [-0.1, -0.05) is 18.9 Å². The molecule has 3 rings (SSSR count). The van der Waals surface area contributed by atoms with Crippen LogP contribution in [0.3, 0.4) is 0 Å². The molecular weight excluding hydrogens is 343 g/mol. The molecule has 5 nitrogen and oxygen atoms in total. The van der Waals surface area contributed by atoms with E-state index in [-0.39, 0.29) is 5.82 Å². The first kappa shape index (κ1) is 19.9. The molecular formula is C21H33FN4O. The maximum absolute atomic E-state index is 13.9. The summed E-state index contributed by atoms with van der Waals surface area (Å²) in [6, 6.07) is 5.68. The summed E-state index contributed by atoms with van der Waals surface area (Å²) in [7, 11) is 3.33. The van der Waals surface area contributed by atoms with Gasteiger partial charge in [0.25, 0.3) is 0 Å². The van der Waals surface area contributed by atoms with Gasteiger partial charge in [0.2, 0.25) is 0 Å². The second kappa shape index (κ2) is 9.93. The van der Waals surface area contributed by atoms with Crippen LogP contribution in [0.2, 0.25) is 0 Å². The number of benzene rings is 1. The van der Waals surface area contributed by atoms with Crippen LogP contribution < -0.4 is 15.4 Å². The maximum atomic E-state index is 13.9. The molecule has 0 bridgehead atoms. The van der Waals surface area contributed by atoms with Crippen molar-refractivity contribution in [3.05, 3.63) is 29.6 Å². The number of hydrogen-bond acceptors (Lipinski definition) is 3. The van der Waals surface area contributed by atoms with Crippen LogP contribution in [-0.2, 0) is 6.54 Å². The normalized spacial score (nSPS) is 19.1. The number of methoxy groups -OCH3 is 1. The zero-order valence-corrected chi connectivity index (χ0v) is 16.6. The molecule has 1 heterocycles. The Labute approximate surface area is 162 Å². The Hall–Kier alpha value is -1.82. The lowest BCUT2D eigenvalue weighted by atomic mass is 10.0. The highest BCUT2D eigenvalue weighted by molar-refractivity contribution is 5.79. The predicted octanol–water partition coefficient (Wildman–Crippen LogP) is 3.15. The van der Waals surface area contributed by atoms with Gasteiger partial charge in [-0.25, -0.2) is 4.39 Å². The molecule has 6 heteroatoms. The van der Waals surface area contributed by atoms with Crippen LogP contribution >= 0.6 is 0 Å². The highest BCUT2D eigenvalue weighted by Gasteiger charge is 2.21. The van der Waals surface area contributed by atoms with Crippen molar-refractivity contribution >= 4 is 5.96 Å². The fraction of sp³-hybridized carbons (Fsp3) is 0.667. The number of hydrogen-bond donors (Lipinski definition) is 2. The molecule has 1 aromatic carbocycles. The fourth-order valence-electron chi connectivity index (χ4n) is 3.69. The van der Waals surface area contributed by atoms with Crippen molar-refractivity contribution in [1.82, 2.24) is 15.5 Å². The Bertz CT molecular complexity index is 625. The molecule has 2 fully saturated rings. The van der Waals surface area contributed by atoms with E-state index in [0.717, 1.165) is 56.5 Å². The van der Waals surface area contributed by atoms with Crippen molar-refractivity contribution in [3.63, 3.8) is 0 Å². The quantitative estimate of drug-likeness (QED) is 0.416. The van der Waals surface area contributed by atoms with Crippen molar-refractivity contribution < 1.29 is 9.13 Å². The monoisotopic (exact) mass is 376 g/mol. The van der Waals surface area contributed by atoms with Crippen LogP contribution in [0.15, 0.2) is 23.2 Å². The average Bonchev–Trinajstić information content (AvgIpc) is 3.50. The molecule has 1 aromatic rings. The number of piperidine rings is 1. The highest BCUT2D eigenvalue weighted by atomic mass is 19.1. The number of nitrogens with zero attached hydrogens (tertiary/aromatic N) is 2. The van der Waals surface area contributed by atoms with Crippen molar-refractivity contribution in [3.8, 4) is 5.75 Å². The summed E-state index contributed by atoms with van der Waals surface area (Å²) in [6.07, 6.45) is 7.56. The average molecular weight is 377 g/mol. The lowest BCUT2D eigenvalue weighted by Gasteiger charge is -2.33. The number of aliphatic imine (C=N–C) groups is 1. The van der Waals surface area contributed by atoms with E-state index in [4.69, 9.17) is 4.74 Å². The van der Waals surface area contributed by atoms with Gasteiger partial charge in [-0.05, 0) is 49.3 Å². The van der Waals surface area contributed by atoms with Crippen LogP contribution in [0.25, 0.3) is 0 Å². The SMILES string of the molecule is CN=C(NCCCC1CC1)NC1CCN(Cc2ccc(OC)c(F)c2)CC1. The Balaban J connectivity index is 1.36. The molecule has 0 spiro atoms. The lowest BCUT2D eigenvalue weighted by molar-refractivity contribution is 0.198. The van der Waals surface area contributed by atoms with Gasteiger partial charge in [0, 0.05) is 39.3 Å². The second-order valence-corrected chi connectivity index (χ2v) is 7.75. The van der Waals surface area contributed by atoms with Crippen molar-refractivity contribution in [2.24, 2.45) is 10.9 Å². The molecule has 0 atom stereocenters. The topological polar surface area (TPSA) is 48.9 Å². The van der Waals surface area contributed by atoms with Gasteiger partial charge in [0.05, 0.1) is 7.11 Å². The van der Waals surface area contributed by atoms with E-state index in [0.29, 0.717) is 11.8 Å². The van der Waals surface area contributed by atoms with Gasteiger partial charge in [0.15, 0.2) is 17.5 Å². The van der Waals surface area contributed by atoms with Crippen molar-refractivity contribution in [2.75, 3.05) is 33.8 Å². The zero-order chi connectivity index (χ0) is 19.1. The van der Waals surface area contributed by atoms with Crippen LogP contribution in [0.5, 0.6) is 5.75 Å². The van der Waals surface area contributed by atoms with Gasteiger partial charge >= 0.3 is 0 Å². The fourth-order valence-corrected chi connectivity index (χ4v) is 3.69. The highest BCUT2D eigenvalue weighted by Crippen LogP contribution is 2.33. The molecule has 1 aliphatic heterocycles. The predicted molar refractivity (Wildman–Crippen MR) is 108 cm³/mol. The number of guanidine groups is 1. The zero-order valence-electron chi connectivity index (χ0n) is 16.6. The van der Waals surface area contributed by atoms with Crippen LogP contribution in [0.1, 0.15) is 44.1 Å². The van der Waals surface area contributed by atoms with Crippen molar-refractivity contribution in [2.45, 2.75) is 51.1 Å². The summed E-state index contributed by atoms with van der Waals surface area (Å²) in [5.41, 5.74) is 0.993. The molecule has 1 aliphatic carbocycles. The Kier molecular flexibility index (Phi) is 7.33. The smallest absolute Gasteiger partial charge is 0.191 e. The van der Waals surface area contributed by atoms with E-state index in [9.17, 15) is 4.39 Å². The van der Waals surface area contributed by atoms with Crippen LogP contribution in [0, 0.1) is 11.7 Å². The van der Waals surface area contributed by atoms with E-state index < -0.39 is 0 Å². The summed E-state index contributed by atoms with van der Waals surface area (Å²) in [5.74, 6) is 1.92. The van der Waals surface area contributed by atoms with E-state index in [1.54, 1.807) is 12.1 Å². The molecule has 150 valence electrons. The first-order valence-corrected chi connectivity index (χ1v) is 10.2. The van der Waals surface area contributed by atoms with Gasteiger partial charge < -0.3 is 15.4 Å². The number of nitrogens with one attached hydrogen (secondary N) is 2. The van der Waals surface area contributed by atoms with E-state index in [2.05, 4.69) is 20.5 Å². The van der Waals surface area contributed by atoms with E-state index >= 15 is 0 Å². The van der Waals surface area contributed by atoms with Crippen LogP contribution in [-0.4, -0.2) is 50.7 Å². The number of rotatable bonds is 8. The molecule has 1 saturated carbocycles. The third-order valence-electron chi connectivity index (χ3n) is 5.55. The minimum absolute atomic E-state index is 0.289. The second-order valence-electron chi connectivity index (χ2n) is 7.75. The first-order valence-electron chi connectivity index (χ1n) is 10.2. The summed E-state index contributed by atoms with van der Waals surface area (Å²) in [6.45, 7) is 3.79. The van der Waals surface area contributed by atoms with Gasteiger partial charge in [-0.3, -0.25) is 9.89 Å². The van der Waals surface area contributed by atoms with Gasteiger partial charge in [-0.15, -0.1) is 0 Å². The van der Waals surface area contributed by atoms with Gasteiger partial charge in [0.1, 0.15) is 0 Å². The number of ether oxygens (including phenoxy) is 1. The standard InChI is InChI=1S/C21H33FN4O/c1-23-21(24-11-3-4-16-5-6-16)25-18-9-12-26(13-10-18)15-17-7-8-20(27-2)19(22)14-17/h7-8,14,16,18H,3-6,9-13,15H2,1-2H3,(H2,23,24,25). The number of halogens is 1. The molecule has 27 heavy (non-hydrogen) atoms. The molecule has 1 saturated heterocycles. The molecule has 0 radical (unpaired) electrons. The molecule has 2 aliphatic rings. The molecule has 2 N–H and O–H groups in total. The van der Waals surface area contributed by atoms with E-state index in [1.807, 2.05) is 13.1 Å². The third kappa shape index (κ3) is 6.38. The summed E-state index contributed by atoms with van der Waals surface area (Å²) in [5, 5.41) is 6.99. The minimum Gasteiger partial charge on any atom is -0.494 e.